The van der Waals surface area contributed by atoms with Gasteiger partial charge < -0.3 is 10.6 Å². The van der Waals surface area contributed by atoms with Crippen LogP contribution in [0.25, 0.3) is 11.1 Å². The number of likely N-dealkylation sites (tertiary alicyclic amines) is 1. The number of carbonyl (C=O) groups is 1. The van der Waals surface area contributed by atoms with Crippen LogP contribution >= 0.6 is 11.6 Å². The topological polar surface area (TPSA) is 62.5 Å². The summed E-state index contributed by atoms with van der Waals surface area (Å²) >= 11 is 6.40. The largest absolute Gasteiger partial charge is 0.398 e. The van der Waals surface area contributed by atoms with Crippen LogP contribution in [0.2, 0.25) is 5.02 Å². The van der Waals surface area contributed by atoms with E-state index in [0.717, 1.165) is 49.2 Å². The number of hydrogen-bond acceptors (Lipinski definition) is 5. The third-order valence-corrected chi connectivity index (χ3v) is 7.02. The van der Waals surface area contributed by atoms with E-state index in [1.165, 1.54) is 12.1 Å². The standard InChI is InChI=1S/C27H26ClFN4O/c28-25-13-26(30)24(12-23(25)19-2-1-10-31-14-19)27(34)9-11-33-21-7-8-22(33)17-32(16-21)15-18-3-5-20(29)6-4-18/h1-6,9-14,21-22H,7-8,15-17,30H2/b11-9+. The lowest BCUT2D eigenvalue weighted by atomic mass is 10.0. The average Bonchev–Trinajstić information content (AvgIpc) is 3.07. The molecule has 2 unspecified atom stereocenters. The summed E-state index contributed by atoms with van der Waals surface area (Å²) < 4.78 is 13.2. The van der Waals surface area contributed by atoms with E-state index in [9.17, 15) is 9.18 Å². The first-order valence-corrected chi connectivity index (χ1v) is 11.8. The van der Waals surface area contributed by atoms with Gasteiger partial charge in [0.05, 0.1) is 5.02 Å². The number of nitrogens with two attached hydrogens (primary N) is 1. The predicted octanol–water partition coefficient (Wildman–Crippen LogP) is 5.17. The highest BCUT2D eigenvalue weighted by molar-refractivity contribution is 6.34. The first-order valence-electron chi connectivity index (χ1n) is 11.4. The van der Waals surface area contributed by atoms with Crippen molar-refractivity contribution < 1.29 is 9.18 Å². The van der Waals surface area contributed by atoms with Crippen LogP contribution in [0, 0.1) is 5.82 Å². The maximum absolute atomic E-state index is 13.2. The Morgan fingerprint density at radius 1 is 1.15 bits per heavy atom. The van der Waals surface area contributed by atoms with Gasteiger partial charge in [-0.25, -0.2) is 4.39 Å². The van der Waals surface area contributed by atoms with E-state index in [1.807, 2.05) is 30.5 Å². The lowest BCUT2D eigenvalue weighted by Gasteiger charge is -2.40. The van der Waals surface area contributed by atoms with Crippen LogP contribution in [-0.2, 0) is 6.54 Å². The summed E-state index contributed by atoms with van der Waals surface area (Å²) in [6.45, 7) is 2.64. The highest BCUT2D eigenvalue weighted by Crippen LogP contribution is 2.33. The molecular weight excluding hydrogens is 451 g/mol. The Kier molecular flexibility index (Phi) is 6.35. The molecule has 5 nitrogen and oxygen atoms in total. The molecule has 5 rings (SSSR count). The number of aromatic nitrogens is 1. The van der Waals surface area contributed by atoms with E-state index < -0.39 is 0 Å². The maximum atomic E-state index is 13.2. The second-order valence-electron chi connectivity index (χ2n) is 8.99. The van der Waals surface area contributed by atoms with E-state index >= 15 is 0 Å². The van der Waals surface area contributed by atoms with Crippen molar-refractivity contribution in [2.45, 2.75) is 31.5 Å². The van der Waals surface area contributed by atoms with Crippen LogP contribution in [0.1, 0.15) is 28.8 Å². The minimum atomic E-state index is -0.211. The number of rotatable bonds is 6. The fourth-order valence-electron chi connectivity index (χ4n) is 5.03. The first kappa shape index (κ1) is 22.6. The number of pyridine rings is 1. The van der Waals surface area contributed by atoms with E-state index in [-0.39, 0.29) is 11.6 Å². The number of hydrogen-bond donors (Lipinski definition) is 1. The molecule has 34 heavy (non-hydrogen) atoms. The average molecular weight is 477 g/mol. The van der Waals surface area contributed by atoms with Gasteiger partial charge >= 0.3 is 0 Å². The van der Waals surface area contributed by atoms with Gasteiger partial charge in [-0.05, 0) is 48.7 Å². The number of fused-ring (bicyclic) bond motifs is 2. The number of nitrogens with zero attached hydrogens (tertiary/aromatic N) is 3. The summed E-state index contributed by atoms with van der Waals surface area (Å²) in [4.78, 5) is 21.9. The molecule has 1 aromatic heterocycles. The van der Waals surface area contributed by atoms with Crippen molar-refractivity contribution in [3.8, 4) is 11.1 Å². The molecular formula is C27H26ClFN4O. The number of anilines is 1. The van der Waals surface area contributed by atoms with Crippen molar-refractivity contribution in [2.75, 3.05) is 18.8 Å². The molecule has 2 aliphatic rings. The van der Waals surface area contributed by atoms with Crippen molar-refractivity contribution in [2.24, 2.45) is 0 Å². The van der Waals surface area contributed by atoms with E-state index in [0.29, 0.717) is 28.4 Å². The first-order chi connectivity index (χ1) is 16.5. The molecule has 2 bridgehead atoms. The van der Waals surface area contributed by atoms with Crippen LogP contribution in [0.5, 0.6) is 0 Å². The molecule has 0 aliphatic carbocycles. The van der Waals surface area contributed by atoms with Crippen molar-refractivity contribution in [3.63, 3.8) is 0 Å². The second kappa shape index (κ2) is 9.57. The smallest absolute Gasteiger partial charge is 0.189 e. The Labute approximate surface area is 203 Å². The number of benzene rings is 2. The summed E-state index contributed by atoms with van der Waals surface area (Å²) in [7, 11) is 0. The van der Waals surface area contributed by atoms with Gasteiger partial charge in [-0.3, -0.25) is 14.7 Å². The van der Waals surface area contributed by atoms with Crippen molar-refractivity contribution >= 4 is 23.1 Å². The van der Waals surface area contributed by atoms with Gasteiger partial charge in [-0.2, -0.15) is 0 Å². The Morgan fingerprint density at radius 3 is 2.56 bits per heavy atom. The molecule has 3 aromatic rings. The number of nitrogen functional groups attached to an aromatic ring is 1. The minimum absolute atomic E-state index is 0.146. The lowest BCUT2D eigenvalue weighted by Crippen LogP contribution is -2.50. The quantitative estimate of drug-likeness (QED) is 0.302. The van der Waals surface area contributed by atoms with E-state index in [1.54, 1.807) is 30.6 Å². The molecule has 0 amide bonds. The molecule has 2 aliphatic heterocycles. The summed E-state index contributed by atoms with van der Waals surface area (Å²) in [6.07, 6.45) is 9.14. The molecule has 7 heteroatoms. The van der Waals surface area contributed by atoms with Gasteiger partial charge in [0.2, 0.25) is 0 Å². The normalized spacial score (nSPS) is 20.2. The van der Waals surface area contributed by atoms with Crippen LogP contribution in [0.15, 0.2) is 73.2 Å². The molecule has 2 atom stereocenters. The SMILES string of the molecule is Nc1cc(Cl)c(-c2cccnc2)cc1C(=O)/C=C/N1C2CCC1CN(Cc1ccc(F)cc1)C2. The lowest BCUT2D eigenvalue weighted by molar-refractivity contribution is 0.0967. The molecule has 0 saturated carbocycles. The third-order valence-electron chi connectivity index (χ3n) is 6.71. The minimum Gasteiger partial charge on any atom is -0.398 e. The molecule has 0 spiro atoms. The van der Waals surface area contributed by atoms with Crippen molar-refractivity contribution in [3.05, 3.63) is 95.2 Å². The molecule has 174 valence electrons. The zero-order valence-corrected chi connectivity index (χ0v) is 19.5. The maximum Gasteiger partial charge on any atom is 0.189 e. The van der Waals surface area contributed by atoms with Crippen molar-refractivity contribution in [1.29, 1.82) is 0 Å². The number of carbonyl (C=O) groups excluding carboxylic acids is 1. The summed E-state index contributed by atoms with van der Waals surface area (Å²) in [5.74, 6) is -0.357. The summed E-state index contributed by atoms with van der Waals surface area (Å²) in [6, 6.07) is 14.5. The molecule has 3 heterocycles. The number of piperazine rings is 1. The fraction of sp³-hybridized carbons (Fsp3) is 0.259. The van der Waals surface area contributed by atoms with Gasteiger partial charge in [-0.1, -0.05) is 29.8 Å². The Balaban J connectivity index is 1.29. The molecule has 2 saturated heterocycles. The Morgan fingerprint density at radius 2 is 1.88 bits per heavy atom. The fourth-order valence-corrected chi connectivity index (χ4v) is 5.31. The Bertz CT molecular complexity index is 1200. The van der Waals surface area contributed by atoms with Crippen LogP contribution in [0.3, 0.4) is 0 Å². The van der Waals surface area contributed by atoms with Crippen LogP contribution < -0.4 is 5.73 Å². The molecule has 0 radical (unpaired) electrons. The monoisotopic (exact) mass is 476 g/mol. The summed E-state index contributed by atoms with van der Waals surface area (Å²) in [5.41, 5.74) is 9.62. The second-order valence-corrected chi connectivity index (χ2v) is 9.40. The zero-order chi connectivity index (χ0) is 23.7. The summed E-state index contributed by atoms with van der Waals surface area (Å²) in [5, 5.41) is 0.487. The number of ketones is 1. The third kappa shape index (κ3) is 4.69. The van der Waals surface area contributed by atoms with Gasteiger partial charge in [0.25, 0.3) is 0 Å². The highest BCUT2D eigenvalue weighted by atomic mass is 35.5. The molecule has 2 N–H and O–H groups in total. The molecule has 2 fully saturated rings. The predicted molar refractivity (Wildman–Crippen MR) is 133 cm³/mol. The van der Waals surface area contributed by atoms with Crippen LogP contribution in [-0.4, -0.2) is 45.7 Å². The van der Waals surface area contributed by atoms with Gasteiger partial charge in [0.15, 0.2) is 5.78 Å². The highest BCUT2D eigenvalue weighted by Gasteiger charge is 2.38. The van der Waals surface area contributed by atoms with Crippen LogP contribution in [0.4, 0.5) is 10.1 Å². The van der Waals surface area contributed by atoms with Gasteiger partial charge in [-0.15, -0.1) is 0 Å². The Hall–Kier alpha value is -3.22. The van der Waals surface area contributed by atoms with Gasteiger partial charge in [0, 0.05) is 78.8 Å². The zero-order valence-electron chi connectivity index (χ0n) is 18.7. The molecule has 2 aromatic carbocycles. The van der Waals surface area contributed by atoms with E-state index in [2.05, 4.69) is 14.8 Å². The van der Waals surface area contributed by atoms with E-state index in [4.69, 9.17) is 17.3 Å². The van der Waals surface area contributed by atoms with Gasteiger partial charge in [0.1, 0.15) is 5.82 Å². The number of halogens is 2. The van der Waals surface area contributed by atoms with Crippen molar-refractivity contribution in [1.82, 2.24) is 14.8 Å². The number of allylic oxidation sites excluding steroid dienone is 1.